The van der Waals surface area contributed by atoms with E-state index in [0.717, 1.165) is 0 Å². The predicted octanol–water partition coefficient (Wildman–Crippen LogP) is -0.162. The number of rotatable bonds is 4. The van der Waals surface area contributed by atoms with E-state index < -0.39 is 0 Å². The third kappa shape index (κ3) is 5.41. The Balaban J connectivity index is 2.47. The summed E-state index contributed by atoms with van der Waals surface area (Å²) in [6.45, 7) is 5.75. The molecule has 0 saturated carbocycles. The van der Waals surface area contributed by atoms with Gasteiger partial charge in [-0.3, -0.25) is 14.3 Å². The first-order valence-corrected chi connectivity index (χ1v) is 6.00. The average Bonchev–Trinajstić information content (AvgIpc) is 2.60. The fourth-order valence-corrected chi connectivity index (χ4v) is 1.49. The number of nitrogens with one attached hydrogen (secondary N) is 1. The molecular formula is C12H21N5O2. The smallest absolute Gasteiger partial charge is 0.244 e. The minimum Gasteiger partial charge on any atom is -0.396 e. The highest BCUT2D eigenvalue weighted by Crippen LogP contribution is 2.00. The van der Waals surface area contributed by atoms with Crippen LogP contribution in [-0.2, 0) is 16.1 Å². The normalized spacial score (nSPS) is 11.2. The number of nitrogen functional groups attached to an aromatic ring is 1. The molecule has 1 aromatic heterocycles. The molecule has 0 atom stereocenters. The maximum absolute atomic E-state index is 11.9. The third-order valence-electron chi connectivity index (χ3n) is 2.27. The monoisotopic (exact) mass is 267 g/mol. The molecule has 0 spiro atoms. The molecule has 0 aliphatic heterocycles. The van der Waals surface area contributed by atoms with Gasteiger partial charge in [-0.05, 0) is 20.8 Å². The van der Waals surface area contributed by atoms with Crippen molar-refractivity contribution in [1.29, 1.82) is 0 Å². The van der Waals surface area contributed by atoms with E-state index in [0.29, 0.717) is 5.69 Å². The second kappa shape index (κ2) is 5.73. The number of carbonyl (C=O) groups is 2. The molecule has 1 heterocycles. The molecule has 106 valence electrons. The second-order valence-electron chi connectivity index (χ2n) is 5.52. The molecule has 2 amide bonds. The van der Waals surface area contributed by atoms with Gasteiger partial charge >= 0.3 is 0 Å². The molecule has 19 heavy (non-hydrogen) atoms. The van der Waals surface area contributed by atoms with E-state index in [-0.39, 0.29) is 30.4 Å². The van der Waals surface area contributed by atoms with Gasteiger partial charge in [0.25, 0.3) is 0 Å². The van der Waals surface area contributed by atoms with Gasteiger partial charge in [-0.2, -0.15) is 5.10 Å². The van der Waals surface area contributed by atoms with Crippen LogP contribution in [0, 0.1) is 0 Å². The topological polar surface area (TPSA) is 93.2 Å². The maximum Gasteiger partial charge on any atom is 0.244 e. The Morgan fingerprint density at radius 1 is 1.47 bits per heavy atom. The van der Waals surface area contributed by atoms with E-state index in [1.807, 2.05) is 20.8 Å². The molecular weight excluding hydrogens is 246 g/mol. The Bertz CT molecular complexity index is 461. The zero-order chi connectivity index (χ0) is 14.6. The Morgan fingerprint density at radius 2 is 2.11 bits per heavy atom. The van der Waals surface area contributed by atoms with Gasteiger partial charge in [-0.25, -0.2) is 0 Å². The van der Waals surface area contributed by atoms with Crippen LogP contribution < -0.4 is 11.1 Å². The predicted molar refractivity (Wildman–Crippen MR) is 72.2 cm³/mol. The lowest BCUT2D eigenvalue weighted by Gasteiger charge is -2.23. The third-order valence-corrected chi connectivity index (χ3v) is 2.27. The van der Waals surface area contributed by atoms with E-state index in [4.69, 9.17) is 5.73 Å². The largest absolute Gasteiger partial charge is 0.396 e. The van der Waals surface area contributed by atoms with Crippen molar-refractivity contribution in [3.8, 4) is 0 Å². The van der Waals surface area contributed by atoms with Crippen molar-refractivity contribution in [1.82, 2.24) is 20.0 Å². The molecule has 0 bridgehead atoms. The number of carbonyl (C=O) groups excluding carboxylic acids is 2. The first-order chi connectivity index (χ1) is 8.67. The summed E-state index contributed by atoms with van der Waals surface area (Å²) in [5, 5.41) is 6.72. The summed E-state index contributed by atoms with van der Waals surface area (Å²) in [5.41, 5.74) is 5.70. The molecule has 0 aliphatic rings. The highest BCUT2D eigenvalue weighted by Gasteiger charge is 2.18. The number of aromatic nitrogens is 2. The second-order valence-corrected chi connectivity index (χ2v) is 5.52. The van der Waals surface area contributed by atoms with E-state index in [1.165, 1.54) is 15.8 Å². The van der Waals surface area contributed by atoms with E-state index >= 15 is 0 Å². The zero-order valence-electron chi connectivity index (χ0n) is 11.8. The van der Waals surface area contributed by atoms with Crippen LogP contribution in [0.25, 0.3) is 0 Å². The van der Waals surface area contributed by atoms with Gasteiger partial charge in [-0.1, -0.05) is 0 Å². The van der Waals surface area contributed by atoms with Crippen molar-refractivity contribution in [3.63, 3.8) is 0 Å². The van der Waals surface area contributed by atoms with Crippen LogP contribution in [0.5, 0.6) is 0 Å². The van der Waals surface area contributed by atoms with Gasteiger partial charge in [0.05, 0.1) is 18.4 Å². The van der Waals surface area contributed by atoms with Crippen LogP contribution in [0.1, 0.15) is 20.8 Å². The molecule has 1 rings (SSSR count). The SMILES string of the molecule is CN(CC(=O)NC(C)(C)C)C(=O)Cn1cc(N)cn1. The van der Waals surface area contributed by atoms with Crippen LogP contribution in [0.15, 0.2) is 12.4 Å². The summed E-state index contributed by atoms with van der Waals surface area (Å²) in [5.74, 6) is -0.393. The maximum atomic E-state index is 11.9. The van der Waals surface area contributed by atoms with Crippen molar-refractivity contribution in [2.45, 2.75) is 32.9 Å². The average molecular weight is 267 g/mol. The van der Waals surface area contributed by atoms with Crippen molar-refractivity contribution < 1.29 is 9.59 Å². The minimum absolute atomic E-state index is 0.0207. The number of likely N-dealkylation sites (N-methyl/N-ethyl adjacent to an activating group) is 1. The van der Waals surface area contributed by atoms with Gasteiger partial charge in [0.2, 0.25) is 11.8 Å². The number of anilines is 1. The Morgan fingerprint density at radius 3 is 2.58 bits per heavy atom. The standard InChI is InChI=1S/C12H21N5O2/c1-12(2,3)15-10(18)7-16(4)11(19)8-17-6-9(13)5-14-17/h5-6H,7-8,13H2,1-4H3,(H,15,18). The van der Waals surface area contributed by atoms with E-state index in [2.05, 4.69) is 10.4 Å². The summed E-state index contributed by atoms with van der Waals surface area (Å²) in [7, 11) is 1.58. The summed E-state index contributed by atoms with van der Waals surface area (Å²) in [6, 6.07) is 0. The molecule has 0 saturated heterocycles. The zero-order valence-corrected chi connectivity index (χ0v) is 11.8. The number of nitrogens with zero attached hydrogens (tertiary/aromatic N) is 3. The van der Waals surface area contributed by atoms with Gasteiger partial charge in [0.15, 0.2) is 0 Å². The number of amides is 2. The van der Waals surface area contributed by atoms with Crippen LogP contribution in [0.4, 0.5) is 5.69 Å². The lowest BCUT2D eigenvalue weighted by Crippen LogP contribution is -2.46. The van der Waals surface area contributed by atoms with Crippen LogP contribution >= 0.6 is 0 Å². The molecule has 0 fully saturated rings. The highest BCUT2D eigenvalue weighted by atomic mass is 16.2. The van der Waals surface area contributed by atoms with Gasteiger partial charge in [-0.15, -0.1) is 0 Å². The number of hydrogen-bond acceptors (Lipinski definition) is 4. The summed E-state index contributed by atoms with van der Waals surface area (Å²) < 4.78 is 1.44. The fraction of sp³-hybridized carbons (Fsp3) is 0.583. The molecule has 7 nitrogen and oxygen atoms in total. The molecule has 1 aromatic rings. The summed E-state index contributed by atoms with van der Waals surface area (Å²) in [6.07, 6.45) is 3.04. The Hall–Kier alpha value is -2.05. The molecule has 0 aliphatic carbocycles. The molecule has 0 unspecified atom stereocenters. The van der Waals surface area contributed by atoms with E-state index in [9.17, 15) is 9.59 Å². The molecule has 0 radical (unpaired) electrons. The van der Waals surface area contributed by atoms with Crippen molar-refractivity contribution in [3.05, 3.63) is 12.4 Å². The highest BCUT2D eigenvalue weighted by molar-refractivity contribution is 5.84. The summed E-state index contributed by atoms with van der Waals surface area (Å²) >= 11 is 0. The van der Waals surface area contributed by atoms with Gasteiger partial charge in [0.1, 0.15) is 6.54 Å². The number of hydrogen-bond donors (Lipinski definition) is 2. The van der Waals surface area contributed by atoms with Crippen LogP contribution in [0.3, 0.4) is 0 Å². The first kappa shape index (κ1) is 15.0. The Labute approximate surface area is 112 Å². The van der Waals surface area contributed by atoms with Crippen LogP contribution in [0.2, 0.25) is 0 Å². The quantitative estimate of drug-likeness (QED) is 0.792. The number of nitrogens with two attached hydrogens (primary N) is 1. The van der Waals surface area contributed by atoms with Crippen molar-refractivity contribution in [2.75, 3.05) is 19.3 Å². The Kier molecular flexibility index (Phi) is 4.52. The van der Waals surface area contributed by atoms with Gasteiger partial charge in [0, 0.05) is 18.8 Å². The molecule has 7 heteroatoms. The summed E-state index contributed by atoms with van der Waals surface area (Å²) in [4.78, 5) is 24.9. The first-order valence-electron chi connectivity index (χ1n) is 6.00. The molecule has 3 N–H and O–H groups in total. The van der Waals surface area contributed by atoms with Gasteiger partial charge < -0.3 is 16.0 Å². The lowest BCUT2D eigenvalue weighted by atomic mass is 10.1. The van der Waals surface area contributed by atoms with Crippen LogP contribution in [-0.4, -0.2) is 45.6 Å². The fourth-order valence-electron chi connectivity index (χ4n) is 1.49. The van der Waals surface area contributed by atoms with Crippen molar-refractivity contribution >= 4 is 17.5 Å². The van der Waals surface area contributed by atoms with E-state index in [1.54, 1.807) is 13.2 Å². The molecule has 0 aromatic carbocycles. The minimum atomic E-state index is -0.308. The van der Waals surface area contributed by atoms with Crippen molar-refractivity contribution in [2.24, 2.45) is 0 Å². The lowest BCUT2D eigenvalue weighted by molar-refractivity contribution is -0.135.